The van der Waals surface area contributed by atoms with Gasteiger partial charge in [0.1, 0.15) is 0 Å². The molecule has 2 N–H and O–H groups in total. The Labute approximate surface area is 91.4 Å². The molecule has 2 unspecified atom stereocenters. The van der Waals surface area contributed by atoms with E-state index in [-0.39, 0.29) is 6.10 Å². The summed E-state index contributed by atoms with van der Waals surface area (Å²) in [6.07, 6.45) is 2.55. The molecule has 1 saturated heterocycles. The normalized spacial score (nSPS) is 26.5. The molecule has 0 amide bonds. The van der Waals surface area contributed by atoms with Crippen molar-refractivity contribution < 1.29 is 4.74 Å². The maximum atomic E-state index is 5.87. The van der Waals surface area contributed by atoms with E-state index in [1.165, 1.54) is 17.5 Å². The van der Waals surface area contributed by atoms with Gasteiger partial charge in [0.15, 0.2) is 0 Å². The number of aryl methyl sites for hydroxylation is 1. The Balaban J connectivity index is 2.24. The van der Waals surface area contributed by atoms with Gasteiger partial charge in [0, 0.05) is 12.5 Å². The van der Waals surface area contributed by atoms with Crippen LogP contribution in [-0.2, 0) is 4.74 Å². The Morgan fingerprint density at radius 2 is 2.20 bits per heavy atom. The molecule has 0 aromatic heterocycles. The zero-order valence-corrected chi connectivity index (χ0v) is 9.28. The lowest BCUT2D eigenvalue weighted by atomic mass is 9.88. The summed E-state index contributed by atoms with van der Waals surface area (Å²) in [5.41, 5.74) is 8.42. The Morgan fingerprint density at radius 1 is 1.40 bits per heavy atom. The fraction of sp³-hybridized carbons (Fsp3) is 0.538. The van der Waals surface area contributed by atoms with E-state index in [1.807, 2.05) is 0 Å². The topological polar surface area (TPSA) is 35.2 Å². The van der Waals surface area contributed by atoms with Gasteiger partial charge in [-0.05, 0) is 37.4 Å². The van der Waals surface area contributed by atoms with E-state index in [2.05, 4.69) is 31.2 Å². The first-order valence-corrected chi connectivity index (χ1v) is 5.70. The molecule has 2 heteroatoms. The van der Waals surface area contributed by atoms with Crippen molar-refractivity contribution in [3.63, 3.8) is 0 Å². The number of nitrogens with two attached hydrogens (primary N) is 1. The van der Waals surface area contributed by atoms with Gasteiger partial charge in [-0.2, -0.15) is 0 Å². The molecule has 0 radical (unpaired) electrons. The molecule has 82 valence electrons. The molecule has 0 spiro atoms. The molecule has 0 bridgehead atoms. The van der Waals surface area contributed by atoms with Gasteiger partial charge in [-0.1, -0.05) is 24.3 Å². The van der Waals surface area contributed by atoms with Gasteiger partial charge in [-0.25, -0.2) is 0 Å². The summed E-state index contributed by atoms with van der Waals surface area (Å²) < 4.78 is 5.87. The Hall–Kier alpha value is -0.860. The summed E-state index contributed by atoms with van der Waals surface area (Å²) in [7, 11) is 0. The summed E-state index contributed by atoms with van der Waals surface area (Å²) in [5.74, 6) is 0.486. The average molecular weight is 205 g/mol. The molecule has 0 aliphatic carbocycles. The zero-order chi connectivity index (χ0) is 10.7. The van der Waals surface area contributed by atoms with Gasteiger partial charge < -0.3 is 10.5 Å². The Bertz CT molecular complexity index is 324. The van der Waals surface area contributed by atoms with Gasteiger partial charge in [0.25, 0.3) is 0 Å². The van der Waals surface area contributed by atoms with E-state index in [0.717, 1.165) is 19.6 Å². The number of benzene rings is 1. The molecule has 1 aromatic rings. The van der Waals surface area contributed by atoms with Gasteiger partial charge in [0.2, 0.25) is 0 Å². The van der Waals surface area contributed by atoms with Crippen LogP contribution in [0.2, 0.25) is 0 Å². The molecule has 15 heavy (non-hydrogen) atoms. The van der Waals surface area contributed by atoms with Crippen molar-refractivity contribution in [2.24, 2.45) is 11.7 Å². The summed E-state index contributed by atoms with van der Waals surface area (Å²) >= 11 is 0. The van der Waals surface area contributed by atoms with Crippen LogP contribution >= 0.6 is 0 Å². The first kappa shape index (κ1) is 10.7. The molecule has 1 aliphatic rings. The monoisotopic (exact) mass is 205 g/mol. The smallest absolute Gasteiger partial charge is 0.0867 e. The van der Waals surface area contributed by atoms with E-state index in [0.29, 0.717) is 5.92 Å². The van der Waals surface area contributed by atoms with Gasteiger partial charge >= 0.3 is 0 Å². The van der Waals surface area contributed by atoms with Crippen LogP contribution in [0.1, 0.15) is 30.1 Å². The molecule has 1 aliphatic heterocycles. The highest BCUT2D eigenvalue weighted by Crippen LogP contribution is 2.34. The second-order valence-electron chi connectivity index (χ2n) is 4.29. The lowest BCUT2D eigenvalue weighted by molar-refractivity contribution is -0.0255. The molecule has 1 fully saturated rings. The highest BCUT2D eigenvalue weighted by molar-refractivity contribution is 5.28. The van der Waals surface area contributed by atoms with Gasteiger partial charge in [0.05, 0.1) is 6.10 Å². The predicted octanol–water partition coefficient (Wildman–Crippen LogP) is 2.42. The lowest BCUT2D eigenvalue weighted by Gasteiger charge is -2.32. The maximum absolute atomic E-state index is 5.87. The van der Waals surface area contributed by atoms with Crippen molar-refractivity contribution in [3.05, 3.63) is 35.4 Å². The SMILES string of the molecule is Cc1ccccc1C1OCCCC1CN. The number of hydrogen-bond donors (Lipinski definition) is 1. The first-order chi connectivity index (χ1) is 7.33. The first-order valence-electron chi connectivity index (χ1n) is 5.70. The van der Waals surface area contributed by atoms with Crippen LogP contribution < -0.4 is 5.73 Å². The van der Waals surface area contributed by atoms with E-state index in [4.69, 9.17) is 10.5 Å². The number of rotatable bonds is 2. The van der Waals surface area contributed by atoms with E-state index in [1.54, 1.807) is 0 Å². The maximum Gasteiger partial charge on any atom is 0.0867 e. The summed E-state index contributed by atoms with van der Waals surface area (Å²) in [4.78, 5) is 0. The van der Waals surface area contributed by atoms with Gasteiger partial charge in [-0.3, -0.25) is 0 Å². The number of hydrogen-bond acceptors (Lipinski definition) is 2. The fourth-order valence-corrected chi connectivity index (χ4v) is 2.33. The molecule has 2 nitrogen and oxygen atoms in total. The molecule has 1 heterocycles. The molecule has 1 aromatic carbocycles. The highest BCUT2D eigenvalue weighted by Gasteiger charge is 2.26. The minimum Gasteiger partial charge on any atom is -0.373 e. The number of ether oxygens (including phenoxy) is 1. The summed E-state index contributed by atoms with van der Waals surface area (Å²) in [5, 5.41) is 0. The minimum atomic E-state index is 0.213. The highest BCUT2D eigenvalue weighted by atomic mass is 16.5. The third kappa shape index (κ3) is 2.21. The third-order valence-corrected chi connectivity index (χ3v) is 3.24. The molecule has 2 rings (SSSR count). The van der Waals surface area contributed by atoms with Gasteiger partial charge in [-0.15, -0.1) is 0 Å². The Kier molecular flexibility index (Phi) is 3.39. The van der Waals surface area contributed by atoms with Crippen LogP contribution in [0.15, 0.2) is 24.3 Å². The average Bonchev–Trinajstić information content (AvgIpc) is 2.30. The van der Waals surface area contributed by atoms with Crippen molar-refractivity contribution in [1.29, 1.82) is 0 Å². The van der Waals surface area contributed by atoms with Crippen LogP contribution in [0.25, 0.3) is 0 Å². The van der Waals surface area contributed by atoms with E-state index in [9.17, 15) is 0 Å². The second-order valence-corrected chi connectivity index (χ2v) is 4.29. The standard InChI is InChI=1S/C13H19NO/c1-10-5-2-3-7-12(10)13-11(9-14)6-4-8-15-13/h2-3,5,7,11,13H,4,6,8-9,14H2,1H3. The second kappa shape index (κ2) is 4.77. The molecule has 0 saturated carbocycles. The molecular formula is C13H19NO. The van der Waals surface area contributed by atoms with Crippen LogP contribution in [-0.4, -0.2) is 13.2 Å². The molecule has 2 atom stereocenters. The van der Waals surface area contributed by atoms with Crippen LogP contribution in [0.5, 0.6) is 0 Å². The van der Waals surface area contributed by atoms with Crippen molar-refractivity contribution in [2.75, 3.05) is 13.2 Å². The van der Waals surface area contributed by atoms with E-state index < -0.39 is 0 Å². The van der Waals surface area contributed by atoms with Crippen LogP contribution in [0, 0.1) is 12.8 Å². The van der Waals surface area contributed by atoms with E-state index >= 15 is 0 Å². The summed E-state index contributed by atoms with van der Waals surface area (Å²) in [6, 6.07) is 8.45. The quantitative estimate of drug-likeness (QED) is 0.804. The largest absolute Gasteiger partial charge is 0.373 e. The minimum absolute atomic E-state index is 0.213. The molecular weight excluding hydrogens is 186 g/mol. The van der Waals surface area contributed by atoms with Crippen molar-refractivity contribution in [2.45, 2.75) is 25.9 Å². The van der Waals surface area contributed by atoms with Crippen molar-refractivity contribution in [3.8, 4) is 0 Å². The fourth-order valence-electron chi connectivity index (χ4n) is 2.33. The van der Waals surface area contributed by atoms with Crippen molar-refractivity contribution >= 4 is 0 Å². The lowest BCUT2D eigenvalue weighted by Crippen LogP contribution is -2.29. The van der Waals surface area contributed by atoms with Crippen LogP contribution in [0.4, 0.5) is 0 Å². The summed E-state index contributed by atoms with van der Waals surface area (Å²) in [6.45, 7) is 3.73. The predicted molar refractivity (Wildman–Crippen MR) is 61.7 cm³/mol. The van der Waals surface area contributed by atoms with Crippen LogP contribution in [0.3, 0.4) is 0 Å². The Morgan fingerprint density at radius 3 is 2.93 bits per heavy atom. The zero-order valence-electron chi connectivity index (χ0n) is 9.28. The third-order valence-electron chi connectivity index (χ3n) is 3.24. The van der Waals surface area contributed by atoms with Crippen molar-refractivity contribution in [1.82, 2.24) is 0 Å².